The lowest BCUT2D eigenvalue weighted by Gasteiger charge is -2.35. The number of aryl methyl sites for hydroxylation is 1. The Balaban J connectivity index is 1.57. The number of hydrogen-bond acceptors (Lipinski definition) is 4. The Morgan fingerprint density at radius 2 is 1.85 bits per heavy atom. The number of nitrogens with zero attached hydrogens (tertiary/aromatic N) is 1. The molecule has 0 bridgehead atoms. The summed E-state index contributed by atoms with van der Waals surface area (Å²) in [5.74, 6) is 1.65. The number of benzene rings is 2. The van der Waals surface area contributed by atoms with Crippen molar-refractivity contribution < 1.29 is 9.59 Å². The molecule has 5 nitrogen and oxygen atoms in total. The summed E-state index contributed by atoms with van der Waals surface area (Å²) in [7, 11) is 0. The van der Waals surface area contributed by atoms with Crippen molar-refractivity contribution in [2.24, 2.45) is 0 Å². The highest BCUT2D eigenvalue weighted by molar-refractivity contribution is 7.99. The average Bonchev–Trinajstić information content (AvgIpc) is 2.63. The van der Waals surface area contributed by atoms with Gasteiger partial charge in [-0.1, -0.05) is 48.0 Å². The topological polar surface area (TPSA) is 61.4 Å². The van der Waals surface area contributed by atoms with Crippen LogP contribution in [0.15, 0.2) is 54.6 Å². The number of carbonyl (C=O) groups is 2. The van der Waals surface area contributed by atoms with E-state index in [-0.39, 0.29) is 18.5 Å². The van der Waals surface area contributed by atoms with Gasteiger partial charge in [-0.2, -0.15) is 11.8 Å². The van der Waals surface area contributed by atoms with Crippen LogP contribution in [0.2, 0.25) is 0 Å². The summed E-state index contributed by atoms with van der Waals surface area (Å²) in [6.45, 7) is 3.11. The lowest BCUT2D eigenvalue weighted by Crippen LogP contribution is -2.45. The first-order valence-corrected chi connectivity index (χ1v) is 9.81. The molecule has 0 radical (unpaired) electrons. The number of carbonyl (C=O) groups excluding carboxylic acids is 2. The molecule has 2 aromatic carbocycles. The first-order chi connectivity index (χ1) is 12.6. The molecule has 6 heteroatoms. The second-order valence-corrected chi connectivity index (χ2v) is 7.49. The monoisotopic (exact) mass is 369 g/mol. The molecule has 1 aliphatic heterocycles. The van der Waals surface area contributed by atoms with Gasteiger partial charge in [-0.15, -0.1) is 0 Å². The van der Waals surface area contributed by atoms with Crippen molar-refractivity contribution >= 4 is 29.4 Å². The number of urea groups is 1. The third kappa shape index (κ3) is 5.09. The molecule has 3 amide bonds. The van der Waals surface area contributed by atoms with E-state index in [4.69, 9.17) is 0 Å². The van der Waals surface area contributed by atoms with E-state index in [2.05, 4.69) is 46.7 Å². The first kappa shape index (κ1) is 18.5. The van der Waals surface area contributed by atoms with Crippen molar-refractivity contribution in [1.29, 1.82) is 0 Å². The first-order valence-electron chi connectivity index (χ1n) is 8.66. The van der Waals surface area contributed by atoms with Crippen molar-refractivity contribution in [3.8, 4) is 0 Å². The molecule has 136 valence electrons. The summed E-state index contributed by atoms with van der Waals surface area (Å²) in [4.78, 5) is 26.5. The van der Waals surface area contributed by atoms with Crippen LogP contribution in [0.3, 0.4) is 0 Å². The summed E-state index contributed by atoms with van der Waals surface area (Å²) in [6, 6.07) is 17.2. The Morgan fingerprint density at radius 1 is 1.12 bits per heavy atom. The predicted octanol–water partition coefficient (Wildman–Crippen LogP) is 3.43. The molecule has 1 atom stereocenters. The minimum Gasteiger partial charge on any atom is -0.308 e. The number of para-hydroxylation sites is 1. The highest BCUT2D eigenvalue weighted by Crippen LogP contribution is 2.29. The molecule has 0 spiro atoms. The van der Waals surface area contributed by atoms with Crippen molar-refractivity contribution in [3.05, 3.63) is 65.7 Å². The van der Waals surface area contributed by atoms with Crippen LogP contribution < -0.4 is 10.6 Å². The SMILES string of the molecule is Cc1ccc(C2CSCCN2CC(=O)NC(=O)Nc2ccccc2)cc1. The van der Waals surface area contributed by atoms with Gasteiger partial charge in [-0.3, -0.25) is 15.0 Å². The molecule has 2 aromatic rings. The van der Waals surface area contributed by atoms with Gasteiger partial charge >= 0.3 is 6.03 Å². The van der Waals surface area contributed by atoms with E-state index < -0.39 is 6.03 Å². The maximum Gasteiger partial charge on any atom is 0.325 e. The zero-order valence-electron chi connectivity index (χ0n) is 14.8. The Hall–Kier alpha value is -2.31. The van der Waals surface area contributed by atoms with Crippen LogP contribution in [-0.2, 0) is 4.79 Å². The second kappa shape index (κ2) is 8.87. The third-order valence-corrected chi connectivity index (χ3v) is 5.36. The van der Waals surface area contributed by atoms with E-state index in [0.717, 1.165) is 18.1 Å². The Bertz CT molecular complexity index is 749. The normalized spacial score (nSPS) is 17.5. The number of nitrogens with one attached hydrogen (secondary N) is 2. The van der Waals surface area contributed by atoms with Gasteiger partial charge in [0.25, 0.3) is 0 Å². The Morgan fingerprint density at radius 3 is 2.58 bits per heavy atom. The van der Waals surface area contributed by atoms with Gasteiger partial charge in [-0.05, 0) is 24.6 Å². The van der Waals surface area contributed by atoms with Gasteiger partial charge in [0.1, 0.15) is 0 Å². The molecule has 0 aliphatic carbocycles. The van der Waals surface area contributed by atoms with Gasteiger partial charge < -0.3 is 5.32 Å². The van der Waals surface area contributed by atoms with Crippen LogP contribution in [0.1, 0.15) is 17.2 Å². The van der Waals surface area contributed by atoms with Gasteiger partial charge in [-0.25, -0.2) is 4.79 Å². The second-order valence-electron chi connectivity index (χ2n) is 6.34. The molecular formula is C20H23N3O2S. The molecule has 1 unspecified atom stereocenters. The van der Waals surface area contributed by atoms with E-state index in [1.165, 1.54) is 11.1 Å². The predicted molar refractivity (Wildman–Crippen MR) is 106 cm³/mol. The fraction of sp³-hybridized carbons (Fsp3) is 0.300. The average molecular weight is 369 g/mol. The lowest BCUT2D eigenvalue weighted by atomic mass is 10.0. The van der Waals surface area contributed by atoms with Gasteiger partial charge in [0.2, 0.25) is 5.91 Å². The van der Waals surface area contributed by atoms with Crippen LogP contribution >= 0.6 is 11.8 Å². The third-order valence-electron chi connectivity index (χ3n) is 4.33. The van der Waals surface area contributed by atoms with Crippen molar-refractivity contribution in [1.82, 2.24) is 10.2 Å². The lowest BCUT2D eigenvalue weighted by molar-refractivity contribution is -0.121. The van der Waals surface area contributed by atoms with E-state index in [1.807, 2.05) is 30.0 Å². The van der Waals surface area contributed by atoms with Crippen molar-refractivity contribution in [3.63, 3.8) is 0 Å². The summed E-state index contributed by atoms with van der Waals surface area (Å²) in [6.07, 6.45) is 0. The number of imide groups is 1. The highest BCUT2D eigenvalue weighted by atomic mass is 32.2. The maximum atomic E-state index is 12.3. The fourth-order valence-corrected chi connectivity index (χ4v) is 4.11. The smallest absolute Gasteiger partial charge is 0.308 e. The van der Waals surface area contributed by atoms with E-state index >= 15 is 0 Å². The largest absolute Gasteiger partial charge is 0.325 e. The molecule has 1 heterocycles. The van der Waals surface area contributed by atoms with Crippen LogP contribution in [0, 0.1) is 6.92 Å². The molecule has 1 aliphatic rings. The molecule has 0 saturated carbocycles. The zero-order valence-corrected chi connectivity index (χ0v) is 15.6. The highest BCUT2D eigenvalue weighted by Gasteiger charge is 2.26. The van der Waals surface area contributed by atoms with Crippen LogP contribution in [0.5, 0.6) is 0 Å². The summed E-state index contributed by atoms with van der Waals surface area (Å²) in [5, 5.41) is 5.09. The number of amides is 3. The molecule has 1 saturated heterocycles. The molecule has 3 rings (SSSR count). The van der Waals surface area contributed by atoms with Crippen LogP contribution in [-0.4, -0.2) is 41.4 Å². The molecule has 26 heavy (non-hydrogen) atoms. The molecular weight excluding hydrogens is 346 g/mol. The number of rotatable bonds is 4. The summed E-state index contributed by atoms with van der Waals surface area (Å²) < 4.78 is 0. The Labute approximate surface area is 158 Å². The van der Waals surface area contributed by atoms with Crippen molar-refractivity contribution in [2.75, 3.05) is 29.9 Å². The quantitative estimate of drug-likeness (QED) is 0.867. The fourth-order valence-electron chi connectivity index (χ4n) is 2.96. The van der Waals surface area contributed by atoms with E-state index in [0.29, 0.717) is 5.69 Å². The minimum absolute atomic E-state index is 0.192. The summed E-state index contributed by atoms with van der Waals surface area (Å²) >= 11 is 1.90. The molecule has 0 aromatic heterocycles. The standard InChI is InChI=1S/C20H23N3O2S/c1-15-7-9-16(10-8-15)18-14-26-12-11-23(18)13-19(24)22-20(25)21-17-5-3-2-4-6-17/h2-10,18H,11-14H2,1H3,(H2,21,22,24,25). The maximum absolute atomic E-state index is 12.3. The molecule has 1 fully saturated rings. The zero-order chi connectivity index (χ0) is 18.4. The van der Waals surface area contributed by atoms with Crippen LogP contribution in [0.4, 0.5) is 10.5 Å². The van der Waals surface area contributed by atoms with Gasteiger partial charge in [0.15, 0.2) is 0 Å². The summed E-state index contributed by atoms with van der Waals surface area (Å²) in [5.41, 5.74) is 3.09. The Kier molecular flexibility index (Phi) is 6.30. The minimum atomic E-state index is -0.500. The number of anilines is 1. The van der Waals surface area contributed by atoms with E-state index in [1.54, 1.807) is 12.1 Å². The van der Waals surface area contributed by atoms with Crippen LogP contribution in [0.25, 0.3) is 0 Å². The van der Waals surface area contributed by atoms with Gasteiger partial charge in [0, 0.05) is 29.8 Å². The van der Waals surface area contributed by atoms with Gasteiger partial charge in [0.05, 0.1) is 6.54 Å². The van der Waals surface area contributed by atoms with E-state index in [9.17, 15) is 9.59 Å². The van der Waals surface area contributed by atoms with Crippen molar-refractivity contribution in [2.45, 2.75) is 13.0 Å². The molecule has 2 N–H and O–H groups in total. The number of hydrogen-bond donors (Lipinski definition) is 2. The number of thioether (sulfide) groups is 1.